The van der Waals surface area contributed by atoms with E-state index < -0.39 is 0 Å². The quantitative estimate of drug-likeness (QED) is 0.839. The van der Waals surface area contributed by atoms with Crippen molar-refractivity contribution in [1.29, 1.82) is 0 Å². The molecule has 2 nitrogen and oxygen atoms in total. The SMILES string of the molecule is Cc1ccc(S[C@@H](C)C(=O)Nc2ccc(F)cc2)c(C)c1. The van der Waals surface area contributed by atoms with Gasteiger partial charge in [-0.25, -0.2) is 4.39 Å². The van der Waals surface area contributed by atoms with Gasteiger partial charge >= 0.3 is 0 Å². The third kappa shape index (κ3) is 4.33. The van der Waals surface area contributed by atoms with Gasteiger partial charge in [-0.15, -0.1) is 11.8 Å². The van der Waals surface area contributed by atoms with Crippen LogP contribution in [-0.2, 0) is 4.79 Å². The molecule has 1 amide bonds. The predicted octanol–water partition coefficient (Wildman–Crippen LogP) is 4.56. The normalized spacial score (nSPS) is 12.0. The zero-order chi connectivity index (χ0) is 15.4. The topological polar surface area (TPSA) is 29.1 Å². The van der Waals surface area contributed by atoms with E-state index in [1.807, 2.05) is 32.9 Å². The molecule has 0 bridgehead atoms. The summed E-state index contributed by atoms with van der Waals surface area (Å²) in [5.41, 5.74) is 2.98. The van der Waals surface area contributed by atoms with Crippen molar-refractivity contribution in [2.24, 2.45) is 0 Å². The standard InChI is InChI=1S/C17H18FNOS/c1-11-4-9-16(12(2)10-11)21-13(3)17(20)19-15-7-5-14(18)6-8-15/h4-10,13H,1-3H3,(H,19,20)/t13-/m0/s1. The smallest absolute Gasteiger partial charge is 0.237 e. The Labute approximate surface area is 128 Å². The van der Waals surface area contributed by atoms with Gasteiger partial charge < -0.3 is 5.32 Å². The Balaban J connectivity index is 2.00. The third-order valence-electron chi connectivity index (χ3n) is 3.12. The van der Waals surface area contributed by atoms with E-state index >= 15 is 0 Å². The van der Waals surface area contributed by atoms with Gasteiger partial charge in [0.05, 0.1) is 5.25 Å². The average Bonchev–Trinajstić information content (AvgIpc) is 2.44. The lowest BCUT2D eigenvalue weighted by Gasteiger charge is -2.14. The molecule has 0 aliphatic heterocycles. The number of rotatable bonds is 4. The first-order valence-electron chi connectivity index (χ1n) is 6.76. The minimum atomic E-state index is -0.314. The van der Waals surface area contributed by atoms with Crippen LogP contribution in [0, 0.1) is 19.7 Å². The Morgan fingerprint density at radius 3 is 2.43 bits per heavy atom. The number of amides is 1. The number of thioether (sulfide) groups is 1. The summed E-state index contributed by atoms with van der Waals surface area (Å²) in [5.74, 6) is -0.405. The van der Waals surface area contributed by atoms with E-state index in [9.17, 15) is 9.18 Å². The van der Waals surface area contributed by atoms with Gasteiger partial charge in [0.1, 0.15) is 5.82 Å². The maximum atomic E-state index is 12.8. The maximum Gasteiger partial charge on any atom is 0.237 e. The summed E-state index contributed by atoms with van der Waals surface area (Å²) in [6, 6.07) is 12.0. The Morgan fingerprint density at radius 2 is 1.81 bits per heavy atom. The highest BCUT2D eigenvalue weighted by molar-refractivity contribution is 8.00. The molecule has 0 aromatic heterocycles. The number of anilines is 1. The van der Waals surface area contributed by atoms with Gasteiger partial charge in [-0.05, 0) is 56.7 Å². The number of nitrogens with one attached hydrogen (secondary N) is 1. The van der Waals surface area contributed by atoms with E-state index in [2.05, 4.69) is 11.4 Å². The van der Waals surface area contributed by atoms with Crippen LogP contribution in [0.25, 0.3) is 0 Å². The molecule has 0 heterocycles. The fourth-order valence-electron chi connectivity index (χ4n) is 1.95. The molecule has 0 unspecified atom stereocenters. The molecule has 0 saturated carbocycles. The zero-order valence-corrected chi connectivity index (χ0v) is 13.1. The highest BCUT2D eigenvalue weighted by Crippen LogP contribution is 2.27. The molecular weight excluding hydrogens is 285 g/mol. The summed E-state index contributed by atoms with van der Waals surface area (Å²) in [6.45, 7) is 5.95. The molecule has 1 N–H and O–H groups in total. The third-order valence-corrected chi connectivity index (χ3v) is 4.39. The lowest BCUT2D eigenvalue weighted by Crippen LogP contribution is -2.22. The van der Waals surface area contributed by atoms with Crippen molar-refractivity contribution in [1.82, 2.24) is 0 Å². The summed E-state index contributed by atoms with van der Waals surface area (Å²) in [5, 5.41) is 2.57. The monoisotopic (exact) mass is 303 g/mol. The van der Waals surface area contributed by atoms with Crippen molar-refractivity contribution in [3.8, 4) is 0 Å². The van der Waals surface area contributed by atoms with Crippen LogP contribution in [0.5, 0.6) is 0 Å². The first-order chi connectivity index (χ1) is 9.95. The summed E-state index contributed by atoms with van der Waals surface area (Å²) in [4.78, 5) is 13.3. The molecule has 0 saturated heterocycles. The van der Waals surface area contributed by atoms with E-state index in [1.165, 1.54) is 35.0 Å². The molecule has 0 radical (unpaired) electrons. The Hall–Kier alpha value is -1.81. The number of hydrogen-bond donors (Lipinski definition) is 1. The number of carbonyl (C=O) groups excluding carboxylic acids is 1. The largest absolute Gasteiger partial charge is 0.325 e. The molecular formula is C17H18FNOS. The zero-order valence-electron chi connectivity index (χ0n) is 12.3. The van der Waals surface area contributed by atoms with Crippen LogP contribution in [0.1, 0.15) is 18.1 Å². The van der Waals surface area contributed by atoms with E-state index in [4.69, 9.17) is 0 Å². The van der Waals surface area contributed by atoms with Gasteiger partial charge in [0.2, 0.25) is 5.91 Å². The lowest BCUT2D eigenvalue weighted by atomic mass is 10.2. The molecule has 2 aromatic carbocycles. The predicted molar refractivity (Wildman–Crippen MR) is 86.3 cm³/mol. The molecule has 2 aromatic rings. The summed E-state index contributed by atoms with van der Waals surface area (Å²) >= 11 is 1.52. The molecule has 0 aliphatic rings. The van der Waals surface area contributed by atoms with Crippen molar-refractivity contribution in [2.45, 2.75) is 30.9 Å². The van der Waals surface area contributed by atoms with Crippen molar-refractivity contribution in [3.05, 3.63) is 59.4 Å². The lowest BCUT2D eigenvalue weighted by molar-refractivity contribution is -0.115. The molecule has 1 atom stereocenters. The molecule has 0 aliphatic carbocycles. The van der Waals surface area contributed by atoms with Crippen LogP contribution < -0.4 is 5.32 Å². The summed E-state index contributed by atoms with van der Waals surface area (Å²) in [6.07, 6.45) is 0. The van der Waals surface area contributed by atoms with Gasteiger partial charge in [-0.1, -0.05) is 17.7 Å². The number of carbonyl (C=O) groups is 1. The summed E-state index contributed by atoms with van der Waals surface area (Å²) < 4.78 is 12.8. The molecule has 4 heteroatoms. The minimum absolute atomic E-state index is 0.0911. The van der Waals surface area contributed by atoms with Gasteiger partial charge in [0, 0.05) is 10.6 Å². The van der Waals surface area contributed by atoms with Crippen molar-refractivity contribution in [3.63, 3.8) is 0 Å². The van der Waals surface area contributed by atoms with Crippen LogP contribution in [0.15, 0.2) is 47.4 Å². The molecule has 0 spiro atoms. The highest BCUT2D eigenvalue weighted by atomic mass is 32.2. The maximum absolute atomic E-state index is 12.8. The number of hydrogen-bond acceptors (Lipinski definition) is 2. The van der Waals surface area contributed by atoms with Gasteiger partial charge in [-0.2, -0.15) is 0 Å². The van der Waals surface area contributed by atoms with E-state index in [-0.39, 0.29) is 17.0 Å². The second-order valence-electron chi connectivity index (χ2n) is 5.03. The van der Waals surface area contributed by atoms with Crippen LogP contribution >= 0.6 is 11.8 Å². The van der Waals surface area contributed by atoms with Crippen molar-refractivity contribution in [2.75, 3.05) is 5.32 Å². The summed E-state index contributed by atoms with van der Waals surface area (Å²) in [7, 11) is 0. The first kappa shape index (κ1) is 15.6. The Bertz CT molecular complexity index is 640. The highest BCUT2D eigenvalue weighted by Gasteiger charge is 2.15. The minimum Gasteiger partial charge on any atom is -0.325 e. The second kappa shape index (κ2) is 6.76. The fourth-order valence-corrected chi connectivity index (χ4v) is 2.89. The molecule has 0 fully saturated rings. The van der Waals surface area contributed by atoms with Crippen LogP contribution in [0.4, 0.5) is 10.1 Å². The first-order valence-corrected chi connectivity index (χ1v) is 7.64. The molecule has 110 valence electrons. The number of aryl methyl sites for hydroxylation is 2. The average molecular weight is 303 g/mol. The van der Waals surface area contributed by atoms with Crippen LogP contribution in [0.3, 0.4) is 0 Å². The van der Waals surface area contributed by atoms with Crippen molar-refractivity contribution >= 4 is 23.4 Å². The second-order valence-corrected chi connectivity index (χ2v) is 6.41. The van der Waals surface area contributed by atoms with Crippen LogP contribution in [-0.4, -0.2) is 11.2 Å². The van der Waals surface area contributed by atoms with E-state index in [0.29, 0.717) is 5.69 Å². The fraction of sp³-hybridized carbons (Fsp3) is 0.235. The molecule has 2 rings (SSSR count). The Morgan fingerprint density at radius 1 is 1.14 bits per heavy atom. The molecule has 21 heavy (non-hydrogen) atoms. The van der Waals surface area contributed by atoms with Gasteiger partial charge in [0.25, 0.3) is 0 Å². The number of halogens is 1. The van der Waals surface area contributed by atoms with Crippen LogP contribution in [0.2, 0.25) is 0 Å². The number of benzene rings is 2. The van der Waals surface area contributed by atoms with E-state index in [1.54, 1.807) is 12.1 Å². The van der Waals surface area contributed by atoms with E-state index in [0.717, 1.165) is 4.90 Å². The van der Waals surface area contributed by atoms with Gasteiger partial charge in [0.15, 0.2) is 0 Å². The Kier molecular flexibility index (Phi) is 5.02. The van der Waals surface area contributed by atoms with Crippen molar-refractivity contribution < 1.29 is 9.18 Å². The van der Waals surface area contributed by atoms with Gasteiger partial charge in [-0.3, -0.25) is 4.79 Å².